The Morgan fingerprint density at radius 3 is 2.79 bits per heavy atom. The summed E-state index contributed by atoms with van der Waals surface area (Å²) in [5.41, 5.74) is 1.13. The zero-order valence-electron chi connectivity index (χ0n) is 8.71. The molecular weight excluding hydrogens is 180 g/mol. The maximum atomic E-state index is 11.5. The Morgan fingerprint density at radius 2 is 2.29 bits per heavy atom. The van der Waals surface area contributed by atoms with Gasteiger partial charge in [-0.2, -0.15) is 0 Å². The van der Waals surface area contributed by atoms with Gasteiger partial charge in [0.15, 0.2) is 5.78 Å². The van der Waals surface area contributed by atoms with E-state index >= 15 is 0 Å². The molecule has 1 rings (SSSR count). The number of allylic oxidation sites excluding steroid dienone is 2. The molecule has 1 aliphatic carbocycles. The van der Waals surface area contributed by atoms with Crippen molar-refractivity contribution < 1.29 is 14.3 Å². The monoisotopic (exact) mass is 196 g/mol. The molecule has 0 radical (unpaired) electrons. The minimum absolute atomic E-state index is 0.0912. The minimum Gasteiger partial charge on any atom is -0.465 e. The number of hydrogen-bond donors (Lipinski definition) is 0. The van der Waals surface area contributed by atoms with Crippen molar-refractivity contribution in [2.75, 3.05) is 6.61 Å². The molecule has 1 unspecified atom stereocenters. The maximum Gasteiger partial charge on any atom is 0.316 e. The van der Waals surface area contributed by atoms with Crippen molar-refractivity contribution in [1.82, 2.24) is 0 Å². The van der Waals surface area contributed by atoms with E-state index in [4.69, 9.17) is 4.74 Å². The zero-order chi connectivity index (χ0) is 10.6. The van der Waals surface area contributed by atoms with Gasteiger partial charge in [0.2, 0.25) is 0 Å². The van der Waals surface area contributed by atoms with Gasteiger partial charge in [0.1, 0.15) is 5.92 Å². The number of esters is 1. The average molecular weight is 196 g/mol. The number of hydrogen-bond acceptors (Lipinski definition) is 3. The van der Waals surface area contributed by atoms with Gasteiger partial charge in [-0.15, -0.1) is 0 Å². The molecule has 0 saturated heterocycles. The van der Waals surface area contributed by atoms with Crippen molar-refractivity contribution in [2.24, 2.45) is 5.92 Å². The van der Waals surface area contributed by atoms with Crippen molar-refractivity contribution in [2.45, 2.75) is 33.1 Å². The number of rotatable bonds is 3. The van der Waals surface area contributed by atoms with E-state index in [-0.39, 0.29) is 11.8 Å². The van der Waals surface area contributed by atoms with Crippen molar-refractivity contribution in [3.05, 3.63) is 11.6 Å². The van der Waals surface area contributed by atoms with Crippen LogP contribution in [0.25, 0.3) is 0 Å². The highest BCUT2D eigenvalue weighted by molar-refractivity contribution is 6.05. The Labute approximate surface area is 84.1 Å². The van der Waals surface area contributed by atoms with Gasteiger partial charge in [-0.1, -0.05) is 12.5 Å². The SMILES string of the molecule is CCOC(=O)C1CCC(CC)=CC1=O. The molecule has 3 heteroatoms. The zero-order valence-corrected chi connectivity index (χ0v) is 8.71. The second-order valence-electron chi connectivity index (χ2n) is 3.40. The first-order chi connectivity index (χ1) is 6.69. The number of carbonyl (C=O) groups is 2. The molecule has 3 nitrogen and oxygen atoms in total. The van der Waals surface area contributed by atoms with Crippen LogP contribution in [0.15, 0.2) is 11.6 Å². The van der Waals surface area contributed by atoms with E-state index in [0.29, 0.717) is 13.0 Å². The fourth-order valence-electron chi connectivity index (χ4n) is 1.60. The van der Waals surface area contributed by atoms with E-state index in [1.807, 2.05) is 6.92 Å². The smallest absolute Gasteiger partial charge is 0.316 e. The summed E-state index contributed by atoms with van der Waals surface area (Å²) in [5.74, 6) is -1.01. The molecule has 0 aliphatic heterocycles. The number of carbonyl (C=O) groups excluding carboxylic acids is 2. The molecule has 0 aromatic rings. The molecular formula is C11H16O3. The Morgan fingerprint density at radius 1 is 1.57 bits per heavy atom. The summed E-state index contributed by atoms with van der Waals surface area (Å²) in [4.78, 5) is 22.8. The quantitative estimate of drug-likeness (QED) is 0.511. The predicted octanol–water partition coefficient (Wildman–Crippen LogP) is 1.86. The largest absolute Gasteiger partial charge is 0.465 e. The summed E-state index contributed by atoms with van der Waals surface area (Å²) in [6, 6.07) is 0. The standard InChI is InChI=1S/C11H16O3/c1-3-8-5-6-9(10(12)7-8)11(13)14-4-2/h7,9H,3-6H2,1-2H3. The summed E-state index contributed by atoms with van der Waals surface area (Å²) in [7, 11) is 0. The average Bonchev–Trinajstić information content (AvgIpc) is 2.17. The highest BCUT2D eigenvalue weighted by atomic mass is 16.5. The molecule has 1 atom stereocenters. The van der Waals surface area contributed by atoms with Gasteiger partial charge in [-0.3, -0.25) is 9.59 Å². The molecule has 78 valence electrons. The molecule has 0 heterocycles. The molecule has 0 saturated carbocycles. The molecule has 0 fully saturated rings. The summed E-state index contributed by atoms with van der Waals surface area (Å²) in [6.07, 6.45) is 3.94. The number of ketones is 1. The molecule has 0 aromatic carbocycles. The van der Waals surface area contributed by atoms with Crippen LogP contribution in [-0.4, -0.2) is 18.4 Å². The molecule has 0 amide bonds. The van der Waals surface area contributed by atoms with E-state index in [2.05, 4.69) is 0 Å². The highest BCUT2D eigenvalue weighted by Gasteiger charge is 2.29. The molecule has 14 heavy (non-hydrogen) atoms. The van der Waals surface area contributed by atoms with E-state index in [9.17, 15) is 9.59 Å². The van der Waals surface area contributed by atoms with E-state index < -0.39 is 5.92 Å². The van der Waals surface area contributed by atoms with Crippen LogP contribution < -0.4 is 0 Å². The Bertz CT molecular complexity index is 266. The third kappa shape index (κ3) is 2.44. The van der Waals surface area contributed by atoms with Crippen molar-refractivity contribution in [3.8, 4) is 0 Å². The summed E-state index contributed by atoms with van der Waals surface area (Å²) in [5, 5.41) is 0. The Balaban J connectivity index is 2.63. The van der Waals surface area contributed by atoms with E-state index in [1.165, 1.54) is 0 Å². The molecule has 0 spiro atoms. The first kappa shape index (κ1) is 11.0. The van der Waals surface area contributed by atoms with Crippen LogP contribution in [-0.2, 0) is 14.3 Å². The molecule has 0 bridgehead atoms. The second-order valence-corrected chi connectivity index (χ2v) is 3.40. The van der Waals surface area contributed by atoms with Crippen LogP contribution in [0.5, 0.6) is 0 Å². The molecule has 1 aliphatic rings. The lowest BCUT2D eigenvalue weighted by molar-refractivity contribution is -0.151. The van der Waals surface area contributed by atoms with Gasteiger partial charge in [0, 0.05) is 0 Å². The fraction of sp³-hybridized carbons (Fsp3) is 0.636. The van der Waals surface area contributed by atoms with Crippen LogP contribution >= 0.6 is 0 Å². The topological polar surface area (TPSA) is 43.4 Å². The van der Waals surface area contributed by atoms with Gasteiger partial charge in [0.05, 0.1) is 6.61 Å². The highest BCUT2D eigenvalue weighted by Crippen LogP contribution is 2.23. The van der Waals surface area contributed by atoms with Gasteiger partial charge in [-0.25, -0.2) is 0 Å². The molecule has 0 N–H and O–H groups in total. The van der Waals surface area contributed by atoms with Crippen molar-refractivity contribution >= 4 is 11.8 Å². The molecule has 0 aromatic heterocycles. The second kappa shape index (κ2) is 4.94. The van der Waals surface area contributed by atoms with Crippen LogP contribution in [0.3, 0.4) is 0 Å². The summed E-state index contributed by atoms with van der Waals surface area (Å²) < 4.78 is 4.83. The van der Waals surface area contributed by atoms with E-state index in [1.54, 1.807) is 13.0 Å². The van der Waals surface area contributed by atoms with Crippen LogP contribution in [0.1, 0.15) is 33.1 Å². The first-order valence-electron chi connectivity index (χ1n) is 5.09. The first-order valence-corrected chi connectivity index (χ1v) is 5.09. The summed E-state index contributed by atoms with van der Waals surface area (Å²) in [6.45, 7) is 4.11. The van der Waals surface area contributed by atoms with Gasteiger partial charge < -0.3 is 4.74 Å². The Kier molecular flexibility index (Phi) is 3.86. The third-order valence-electron chi connectivity index (χ3n) is 2.47. The maximum absolute atomic E-state index is 11.5. The lowest BCUT2D eigenvalue weighted by atomic mass is 9.87. The van der Waals surface area contributed by atoms with Crippen molar-refractivity contribution in [1.29, 1.82) is 0 Å². The Hall–Kier alpha value is -1.12. The lowest BCUT2D eigenvalue weighted by Crippen LogP contribution is -2.27. The van der Waals surface area contributed by atoms with Gasteiger partial charge in [0.25, 0.3) is 0 Å². The predicted molar refractivity (Wildman–Crippen MR) is 52.7 cm³/mol. The normalized spacial score (nSPS) is 21.7. The van der Waals surface area contributed by atoms with Gasteiger partial charge >= 0.3 is 5.97 Å². The van der Waals surface area contributed by atoms with Crippen LogP contribution in [0.2, 0.25) is 0 Å². The lowest BCUT2D eigenvalue weighted by Gasteiger charge is -2.18. The van der Waals surface area contributed by atoms with Crippen LogP contribution in [0.4, 0.5) is 0 Å². The third-order valence-corrected chi connectivity index (χ3v) is 2.47. The van der Waals surface area contributed by atoms with Gasteiger partial charge in [-0.05, 0) is 32.3 Å². The van der Waals surface area contributed by atoms with Crippen molar-refractivity contribution in [3.63, 3.8) is 0 Å². The minimum atomic E-state index is -0.551. The summed E-state index contributed by atoms with van der Waals surface area (Å²) >= 11 is 0. The number of ether oxygens (including phenoxy) is 1. The van der Waals surface area contributed by atoms with E-state index in [0.717, 1.165) is 18.4 Å². The van der Waals surface area contributed by atoms with Crippen LogP contribution in [0, 0.1) is 5.92 Å². The fourth-order valence-corrected chi connectivity index (χ4v) is 1.60.